The Kier molecular flexibility index (Phi) is 9.41. The van der Waals surface area contributed by atoms with Crippen LogP contribution in [0, 0.1) is 5.82 Å². The van der Waals surface area contributed by atoms with Gasteiger partial charge in [0.2, 0.25) is 5.91 Å². The number of hydrogen-bond acceptors (Lipinski definition) is 7. The summed E-state index contributed by atoms with van der Waals surface area (Å²) in [7, 11) is 1.51. The van der Waals surface area contributed by atoms with Crippen molar-refractivity contribution in [2.24, 2.45) is 0 Å². The van der Waals surface area contributed by atoms with Crippen LogP contribution in [0.25, 0.3) is 0 Å². The second-order valence-corrected chi connectivity index (χ2v) is 10.7. The van der Waals surface area contributed by atoms with Crippen molar-refractivity contribution in [1.29, 1.82) is 0 Å². The maximum absolute atomic E-state index is 14.6. The Bertz CT molecular complexity index is 1500. The summed E-state index contributed by atoms with van der Waals surface area (Å²) in [6.07, 6.45) is 0.623. The standard InChI is InChI=1S/C32H34FN3O7/c1-41-28-8-6-20-7-9-30(37)34-16-21-12-23(33)15-24(13-21)43-27-10-11-36(17-22-4-2-3-5-25(22)32(39)40)18-26(27)35-31(38)19-42-29(28)14-20/h2-6,8,12-15,26-27H,7,9-11,16-19H2,1H3,(H,34,37)(H,35,38)(H,39,40)/t26-,27-/m1/s1. The fraction of sp³-hybridized carbons (Fsp3) is 0.344. The summed E-state index contributed by atoms with van der Waals surface area (Å²) < 4.78 is 32.1. The third kappa shape index (κ3) is 7.81. The average molecular weight is 592 g/mol. The number of carbonyl (C=O) groups excluding carboxylic acids is 2. The van der Waals surface area contributed by atoms with E-state index in [9.17, 15) is 23.9 Å². The van der Waals surface area contributed by atoms with Crippen molar-refractivity contribution in [3.05, 3.63) is 88.7 Å². The quantitative estimate of drug-likeness (QED) is 0.422. The number of ether oxygens (including phenoxy) is 3. The number of methoxy groups -OCH3 is 1. The van der Waals surface area contributed by atoms with Crippen LogP contribution in [0.3, 0.4) is 0 Å². The summed E-state index contributed by atoms with van der Waals surface area (Å²) in [5.41, 5.74) is 2.26. The molecular weight excluding hydrogens is 557 g/mol. The topological polar surface area (TPSA) is 126 Å². The summed E-state index contributed by atoms with van der Waals surface area (Å²) >= 11 is 0. The number of carboxylic acid groups (broad SMARTS) is 1. The van der Waals surface area contributed by atoms with E-state index in [4.69, 9.17) is 14.2 Å². The summed E-state index contributed by atoms with van der Waals surface area (Å²) in [5, 5.41) is 15.5. The first-order valence-corrected chi connectivity index (χ1v) is 14.1. The molecule has 1 saturated heterocycles. The molecule has 11 heteroatoms. The van der Waals surface area contributed by atoms with E-state index in [1.54, 1.807) is 42.5 Å². The Morgan fingerprint density at radius 1 is 1.07 bits per heavy atom. The zero-order valence-electron chi connectivity index (χ0n) is 23.8. The molecular formula is C32H34FN3O7. The first-order chi connectivity index (χ1) is 20.8. The molecule has 226 valence electrons. The number of halogens is 1. The summed E-state index contributed by atoms with van der Waals surface area (Å²) in [6.45, 7) is 1.12. The number of carboxylic acids is 1. The van der Waals surface area contributed by atoms with Gasteiger partial charge in [-0.2, -0.15) is 0 Å². The third-order valence-corrected chi connectivity index (χ3v) is 7.56. The van der Waals surface area contributed by atoms with Crippen LogP contribution in [0.4, 0.5) is 4.39 Å². The van der Waals surface area contributed by atoms with Gasteiger partial charge in [-0.25, -0.2) is 9.18 Å². The van der Waals surface area contributed by atoms with Crippen LogP contribution in [0.2, 0.25) is 0 Å². The fourth-order valence-corrected chi connectivity index (χ4v) is 5.42. The van der Waals surface area contributed by atoms with Gasteiger partial charge in [-0.1, -0.05) is 24.3 Å². The van der Waals surface area contributed by atoms with Crippen molar-refractivity contribution in [3.63, 3.8) is 0 Å². The molecule has 1 fully saturated rings. The lowest BCUT2D eigenvalue weighted by atomic mass is 9.99. The molecule has 2 amide bonds. The van der Waals surface area contributed by atoms with Gasteiger partial charge in [0, 0.05) is 38.7 Å². The van der Waals surface area contributed by atoms with E-state index in [-0.39, 0.29) is 42.7 Å². The normalized spacial score (nSPS) is 19.8. The van der Waals surface area contributed by atoms with Crippen molar-refractivity contribution in [3.8, 4) is 17.2 Å². The SMILES string of the molecule is COc1ccc2cc1OCC(=O)N[C@@H]1CN(Cc3ccccc3C(=O)O)CC[C@H]1Oc1cc(F)cc(c1)CNC(=O)CC2. The Morgan fingerprint density at radius 2 is 1.91 bits per heavy atom. The number of likely N-dealkylation sites (tertiary alicyclic amines) is 1. The molecule has 4 bridgehead atoms. The fourth-order valence-electron chi connectivity index (χ4n) is 5.42. The van der Waals surface area contributed by atoms with Gasteiger partial charge in [0.25, 0.3) is 5.91 Å². The molecule has 2 heterocycles. The van der Waals surface area contributed by atoms with Crippen LogP contribution in [0.1, 0.15) is 39.9 Å². The molecule has 0 aliphatic carbocycles. The van der Waals surface area contributed by atoms with Crippen molar-refractivity contribution in [1.82, 2.24) is 15.5 Å². The van der Waals surface area contributed by atoms with E-state index >= 15 is 0 Å². The molecule has 43 heavy (non-hydrogen) atoms. The van der Waals surface area contributed by atoms with Crippen LogP contribution in [-0.4, -0.2) is 66.7 Å². The van der Waals surface area contributed by atoms with Crippen molar-refractivity contribution in [2.75, 3.05) is 26.8 Å². The zero-order chi connectivity index (χ0) is 30.3. The predicted octanol–water partition coefficient (Wildman–Crippen LogP) is 3.31. The predicted molar refractivity (Wildman–Crippen MR) is 155 cm³/mol. The largest absolute Gasteiger partial charge is 0.493 e. The maximum atomic E-state index is 14.6. The van der Waals surface area contributed by atoms with Crippen LogP contribution in [-0.2, 0) is 29.1 Å². The minimum absolute atomic E-state index is 0.130. The summed E-state index contributed by atoms with van der Waals surface area (Å²) in [6, 6.07) is 15.9. The lowest BCUT2D eigenvalue weighted by Gasteiger charge is -2.39. The molecule has 2 aliphatic heterocycles. The minimum Gasteiger partial charge on any atom is -0.493 e. The van der Waals surface area contributed by atoms with Gasteiger partial charge in [-0.05, 0) is 59.9 Å². The van der Waals surface area contributed by atoms with E-state index in [2.05, 4.69) is 15.5 Å². The number of hydrogen-bond donors (Lipinski definition) is 3. The molecule has 0 unspecified atom stereocenters. The van der Waals surface area contributed by atoms with E-state index in [1.807, 2.05) is 6.07 Å². The number of aryl methyl sites for hydroxylation is 1. The highest BCUT2D eigenvalue weighted by atomic mass is 19.1. The van der Waals surface area contributed by atoms with E-state index in [0.29, 0.717) is 55.1 Å². The molecule has 3 N–H and O–H groups in total. The zero-order valence-corrected chi connectivity index (χ0v) is 23.8. The highest BCUT2D eigenvalue weighted by Crippen LogP contribution is 2.29. The van der Waals surface area contributed by atoms with E-state index < -0.39 is 23.9 Å². The molecule has 10 nitrogen and oxygen atoms in total. The molecule has 3 aromatic rings. The second-order valence-electron chi connectivity index (χ2n) is 10.7. The lowest BCUT2D eigenvalue weighted by Crippen LogP contribution is -2.57. The monoisotopic (exact) mass is 591 g/mol. The van der Waals surface area contributed by atoms with Gasteiger partial charge < -0.3 is 30.0 Å². The van der Waals surface area contributed by atoms with Crippen LogP contribution >= 0.6 is 0 Å². The molecule has 2 aliphatic rings. The third-order valence-electron chi connectivity index (χ3n) is 7.56. The molecule has 0 aromatic heterocycles. The molecule has 0 saturated carbocycles. The smallest absolute Gasteiger partial charge is 0.336 e. The number of benzene rings is 3. The Balaban J connectivity index is 1.40. The Labute approximate surface area is 248 Å². The Hall–Kier alpha value is -4.64. The number of aromatic carboxylic acids is 1. The minimum atomic E-state index is -1.01. The van der Waals surface area contributed by atoms with Gasteiger partial charge in [0.15, 0.2) is 18.1 Å². The molecule has 0 radical (unpaired) electrons. The molecule has 3 aromatic carbocycles. The lowest BCUT2D eigenvalue weighted by molar-refractivity contribution is -0.125. The van der Waals surface area contributed by atoms with Crippen molar-refractivity contribution in [2.45, 2.75) is 44.5 Å². The Morgan fingerprint density at radius 3 is 2.72 bits per heavy atom. The number of amides is 2. The average Bonchev–Trinajstić information content (AvgIpc) is 2.98. The van der Waals surface area contributed by atoms with E-state index in [1.165, 1.54) is 19.2 Å². The number of piperidine rings is 1. The second kappa shape index (κ2) is 13.6. The van der Waals surface area contributed by atoms with Crippen LogP contribution in [0.5, 0.6) is 17.2 Å². The van der Waals surface area contributed by atoms with E-state index in [0.717, 1.165) is 5.56 Å². The first kappa shape index (κ1) is 29.8. The van der Waals surface area contributed by atoms with Gasteiger partial charge in [0.1, 0.15) is 17.7 Å². The number of carbonyl (C=O) groups is 3. The van der Waals surface area contributed by atoms with Gasteiger partial charge in [-0.15, -0.1) is 0 Å². The highest BCUT2D eigenvalue weighted by Gasteiger charge is 2.33. The molecule has 0 spiro atoms. The van der Waals surface area contributed by atoms with Gasteiger partial charge >= 0.3 is 5.97 Å². The highest BCUT2D eigenvalue weighted by molar-refractivity contribution is 5.89. The molecule has 2 atom stereocenters. The number of fused-ring (bicyclic) bond motifs is 5. The van der Waals surface area contributed by atoms with Crippen molar-refractivity contribution < 1.29 is 38.1 Å². The van der Waals surface area contributed by atoms with Crippen molar-refractivity contribution >= 4 is 17.8 Å². The van der Waals surface area contributed by atoms with Gasteiger partial charge in [-0.3, -0.25) is 14.5 Å². The van der Waals surface area contributed by atoms with Gasteiger partial charge in [0.05, 0.1) is 18.7 Å². The molecule has 5 rings (SSSR count). The summed E-state index contributed by atoms with van der Waals surface area (Å²) in [4.78, 5) is 39.5. The summed E-state index contributed by atoms with van der Waals surface area (Å²) in [5.74, 6) is -0.966. The number of nitrogens with one attached hydrogen (secondary N) is 2. The number of nitrogens with zero attached hydrogens (tertiary/aromatic N) is 1. The first-order valence-electron chi connectivity index (χ1n) is 14.1. The van der Waals surface area contributed by atoms with Crippen LogP contribution in [0.15, 0.2) is 60.7 Å². The van der Waals surface area contributed by atoms with Crippen LogP contribution < -0.4 is 24.8 Å². The maximum Gasteiger partial charge on any atom is 0.336 e. The number of rotatable bonds is 4.